The lowest BCUT2D eigenvalue weighted by Crippen LogP contribution is -2.43. The summed E-state index contributed by atoms with van der Waals surface area (Å²) in [4.78, 5) is 12.4. The number of nitrogens with zero attached hydrogens (tertiary/aromatic N) is 3. The number of anilines is 1. The monoisotopic (exact) mass is 396 g/mol. The van der Waals surface area contributed by atoms with Crippen LogP contribution in [0.1, 0.15) is 18.4 Å². The Hall–Kier alpha value is -1.90. The number of amides is 1. The first-order valence-electron chi connectivity index (χ1n) is 8.35. The molecule has 140 valence electrons. The molecule has 0 unspecified atom stereocenters. The van der Waals surface area contributed by atoms with Crippen LogP contribution >= 0.6 is 11.6 Å². The van der Waals surface area contributed by atoms with Crippen LogP contribution < -0.4 is 5.32 Å². The summed E-state index contributed by atoms with van der Waals surface area (Å²) >= 11 is 5.88. The SMILES string of the molecule is CS(=O)(=O)N1CCC[C@H](C(=O)Nc2ccn(Cc3ccc(Cl)cc3)n2)C1. The molecule has 1 aliphatic heterocycles. The summed E-state index contributed by atoms with van der Waals surface area (Å²) in [5.41, 5.74) is 1.05. The summed E-state index contributed by atoms with van der Waals surface area (Å²) in [5.74, 6) is -0.101. The Bertz CT molecular complexity index is 880. The third kappa shape index (κ3) is 4.84. The van der Waals surface area contributed by atoms with Gasteiger partial charge in [-0.15, -0.1) is 0 Å². The Balaban J connectivity index is 1.59. The number of benzene rings is 1. The number of piperidine rings is 1. The highest BCUT2D eigenvalue weighted by molar-refractivity contribution is 7.88. The van der Waals surface area contributed by atoms with Gasteiger partial charge in [-0.3, -0.25) is 9.48 Å². The maximum Gasteiger partial charge on any atom is 0.230 e. The Kier molecular flexibility index (Phi) is 5.64. The molecule has 0 spiro atoms. The molecule has 3 rings (SSSR count). The average Bonchev–Trinajstić information content (AvgIpc) is 3.03. The van der Waals surface area contributed by atoms with Crippen LogP contribution in [0, 0.1) is 5.92 Å². The number of halogens is 1. The van der Waals surface area contributed by atoms with Crippen LogP contribution in [0.4, 0.5) is 5.82 Å². The predicted octanol–water partition coefficient (Wildman–Crippen LogP) is 2.19. The van der Waals surface area contributed by atoms with Gasteiger partial charge in [0.1, 0.15) is 0 Å². The fourth-order valence-electron chi connectivity index (χ4n) is 2.98. The number of hydrogen-bond donors (Lipinski definition) is 1. The van der Waals surface area contributed by atoms with Crippen LogP contribution in [0.15, 0.2) is 36.5 Å². The predicted molar refractivity (Wildman–Crippen MR) is 101 cm³/mol. The maximum absolute atomic E-state index is 12.4. The van der Waals surface area contributed by atoms with E-state index in [4.69, 9.17) is 11.6 Å². The minimum Gasteiger partial charge on any atom is -0.309 e. The van der Waals surface area contributed by atoms with E-state index in [1.54, 1.807) is 16.9 Å². The second kappa shape index (κ2) is 7.77. The van der Waals surface area contributed by atoms with Crippen molar-refractivity contribution in [2.75, 3.05) is 24.7 Å². The highest BCUT2D eigenvalue weighted by Gasteiger charge is 2.30. The van der Waals surface area contributed by atoms with Crippen molar-refractivity contribution in [1.82, 2.24) is 14.1 Å². The first-order chi connectivity index (χ1) is 12.3. The van der Waals surface area contributed by atoms with E-state index in [0.717, 1.165) is 5.56 Å². The minimum atomic E-state index is -3.27. The van der Waals surface area contributed by atoms with Crippen molar-refractivity contribution < 1.29 is 13.2 Å². The molecule has 2 aromatic rings. The van der Waals surface area contributed by atoms with Crippen LogP contribution in [-0.4, -0.2) is 47.8 Å². The molecule has 1 aliphatic rings. The number of nitrogens with one attached hydrogen (secondary N) is 1. The first-order valence-corrected chi connectivity index (χ1v) is 10.6. The van der Waals surface area contributed by atoms with Crippen LogP contribution in [0.3, 0.4) is 0 Å². The van der Waals surface area contributed by atoms with Gasteiger partial charge in [0.2, 0.25) is 15.9 Å². The van der Waals surface area contributed by atoms with Crippen LogP contribution in [0.2, 0.25) is 5.02 Å². The Labute approximate surface area is 158 Å². The molecule has 0 bridgehead atoms. The van der Waals surface area contributed by atoms with Crippen molar-refractivity contribution in [3.8, 4) is 0 Å². The lowest BCUT2D eigenvalue weighted by molar-refractivity contribution is -0.120. The van der Waals surface area contributed by atoms with Gasteiger partial charge < -0.3 is 5.32 Å². The van der Waals surface area contributed by atoms with Gasteiger partial charge in [-0.05, 0) is 30.5 Å². The molecule has 1 amide bonds. The summed E-state index contributed by atoms with van der Waals surface area (Å²) in [6, 6.07) is 9.21. The molecule has 1 saturated heterocycles. The number of carbonyl (C=O) groups is 1. The average molecular weight is 397 g/mol. The third-order valence-corrected chi connectivity index (χ3v) is 5.90. The summed E-state index contributed by atoms with van der Waals surface area (Å²) in [5, 5.41) is 7.81. The van der Waals surface area contributed by atoms with Crippen molar-refractivity contribution >= 4 is 33.3 Å². The topological polar surface area (TPSA) is 84.3 Å². The van der Waals surface area contributed by atoms with Gasteiger partial charge >= 0.3 is 0 Å². The smallest absolute Gasteiger partial charge is 0.230 e. The molecular formula is C17H21ClN4O3S. The number of aromatic nitrogens is 2. The van der Waals surface area contributed by atoms with Crippen molar-refractivity contribution in [3.05, 3.63) is 47.1 Å². The zero-order chi connectivity index (χ0) is 18.7. The Morgan fingerprint density at radius 3 is 2.73 bits per heavy atom. The molecule has 1 aromatic carbocycles. The lowest BCUT2D eigenvalue weighted by Gasteiger charge is -2.29. The second-order valence-corrected chi connectivity index (χ2v) is 8.89. The minimum absolute atomic E-state index is 0.199. The maximum atomic E-state index is 12.4. The molecule has 1 N–H and O–H groups in total. The molecule has 1 atom stereocenters. The molecule has 2 heterocycles. The van der Waals surface area contributed by atoms with E-state index in [2.05, 4.69) is 10.4 Å². The largest absolute Gasteiger partial charge is 0.309 e. The fourth-order valence-corrected chi connectivity index (χ4v) is 4.02. The summed E-state index contributed by atoms with van der Waals surface area (Å²) in [6.07, 6.45) is 4.30. The van der Waals surface area contributed by atoms with E-state index in [9.17, 15) is 13.2 Å². The molecule has 1 fully saturated rings. The summed E-state index contributed by atoms with van der Waals surface area (Å²) < 4.78 is 26.4. The van der Waals surface area contributed by atoms with Crippen molar-refractivity contribution in [1.29, 1.82) is 0 Å². The van der Waals surface area contributed by atoms with E-state index >= 15 is 0 Å². The molecule has 9 heteroatoms. The Morgan fingerprint density at radius 1 is 1.31 bits per heavy atom. The highest BCUT2D eigenvalue weighted by atomic mass is 35.5. The lowest BCUT2D eigenvalue weighted by atomic mass is 9.99. The molecular weight excluding hydrogens is 376 g/mol. The van der Waals surface area contributed by atoms with Crippen molar-refractivity contribution in [2.24, 2.45) is 5.92 Å². The number of sulfonamides is 1. The summed E-state index contributed by atoms with van der Waals surface area (Å²) in [7, 11) is -3.27. The van der Waals surface area contributed by atoms with Crippen LogP contribution in [0.25, 0.3) is 0 Å². The normalized spacial score (nSPS) is 18.6. The first kappa shape index (κ1) is 18.9. The van der Waals surface area contributed by atoms with E-state index in [1.807, 2.05) is 24.3 Å². The number of hydrogen-bond acceptors (Lipinski definition) is 4. The van der Waals surface area contributed by atoms with Gasteiger partial charge in [0.05, 0.1) is 18.7 Å². The fraction of sp³-hybridized carbons (Fsp3) is 0.412. The standard InChI is InChI=1S/C17H21ClN4O3S/c1-26(24,25)22-9-2-3-14(12-22)17(23)19-16-8-10-21(20-16)11-13-4-6-15(18)7-5-13/h4-8,10,14H,2-3,9,11-12H2,1H3,(H,19,20,23)/t14-/m0/s1. The van der Waals surface area contributed by atoms with Gasteiger partial charge in [0.25, 0.3) is 0 Å². The van der Waals surface area contributed by atoms with Gasteiger partial charge in [-0.25, -0.2) is 12.7 Å². The number of carbonyl (C=O) groups excluding carboxylic acids is 1. The van der Waals surface area contributed by atoms with Crippen LogP contribution in [-0.2, 0) is 21.4 Å². The molecule has 26 heavy (non-hydrogen) atoms. The van der Waals surface area contributed by atoms with E-state index in [-0.39, 0.29) is 18.4 Å². The molecule has 0 saturated carbocycles. The quantitative estimate of drug-likeness (QED) is 0.839. The van der Waals surface area contributed by atoms with Gasteiger partial charge in [0.15, 0.2) is 5.82 Å². The van der Waals surface area contributed by atoms with Crippen molar-refractivity contribution in [3.63, 3.8) is 0 Å². The van der Waals surface area contributed by atoms with E-state index in [0.29, 0.717) is 36.8 Å². The molecule has 0 aliphatic carbocycles. The van der Waals surface area contributed by atoms with Gasteiger partial charge in [-0.2, -0.15) is 5.10 Å². The van der Waals surface area contributed by atoms with E-state index in [1.165, 1.54) is 10.6 Å². The van der Waals surface area contributed by atoms with Crippen molar-refractivity contribution in [2.45, 2.75) is 19.4 Å². The van der Waals surface area contributed by atoms with Gasteiger partial charge in [0, 0.05) is 30.4 Å². The molecule has 0 radical (unpaired) electrons. The zero-order valence-electron chi connectivity index (χ0n) is 14.4. The molecule has 7 nitrogen and oxygen atoms in total. The Morgan fingerprint density at radius 2 is 2.04 bits per heavy atom. The number of rotatable bonds is 5. The third-order valence-electron chi connectivity index (χ3n) is 4.37. The van der Waals surface area contributed by atoms with Crippen LogP contribution in [0.5, 0.6) is 0 Å². The van der Waals surface area contributed by atoms with E-state index < -0.39 is 10.0 Å². The molecule has 1 aromatic heterocycles. The zero-order valence-corrected chi connectivity index (χ0v) is 16.0. The highest BCUT2D eigenvalue weighted by Crippen LogP contribution is 2.20. The second-order valence-electron chi connectivity index (χ2n) is 6.47. The van der Waals surface area contributed by atoms with Gasteiger partial charge in [-0.1, -0.05) is 23.7 Å². The summed E-state index contributed by atoms with van der Waals surface area (Å²) in [6.45, 7) is 1.26.